The van der Waals surface area contributed by atoms with Gasteiger partial charge in [-0.1, -0.05) is 6.07 Å². The Morgan fingerprint density at radius 1 is 0.964 bits per heavy atom. The zero-order valence-corrected chi connectivity index (χ0v) is 16.2. The number of carbonyl (C=O) groups is 2. The Hall–Kier alpha value is -2.24. The van der Waals surface area contributed by atoms with E-state index in [9.17, 15) is 9.59 Å². The second kappa shape index (κ2) is 6.98. The monoisotopic (exact) mass is 384 g/mol. The van der Waals surface area contributed by atoms with Crippen molar-refractivity contribution < 1.29 is 19.1 Å². The zero-order valence-electron chi connectivity index (χ0n) is 16.2. The second-order valence-corrected chi connectivity index (χ2v) is 9.17. The van der Waals surface area contributed by atoms with Crippen molar-refractivity contribution in [2.24, 2.45) is 23.2 Å². The number of rotatable bonds is 6. The van der Waals surface area contributed by atoms with E-state index in [4.69, 9.17) is 9.47 Å². The lowest BCUT2D eigenvalue weighted by atomic mass is 9.49. The minimum Gasteiger partial charge on any atom is -0.454 e. The Morgan fingerprint density at radius 3 is 2.36 bits per heavy atom. The normalized spacial score (nSPS) is 31.6. The van der Waals surface area contributed by atoms with E-state index in [0.717, 1.165) is 54.1 Å². The molecule has 6 nitrogen and oxygen atoms in total. The van der Waals surface area contributed by atoms with Crippen molar-refractivity contribution in [2.45, 2.75) is 51.5 Å². The first-order chi connectivity index (χ1) is 13.6. The van der Waals surface area contributed by atoms with Crippen LogP contribution in [-0.2, 0) is 16.1 Å². The third kappa shape index (κ3) is 3.33. The van der Waals surface area contributed by atoms with Crippen molar-refractivity contribution in [2.75, 3.05) is 13.3 Å². The van der Waals surface area contributed by atoms with Crippen LogP contribution in [0.25, 0.3) is 0 Å². The smallest absolute Gasteiger partial charge is 0.231 e. The van der Waals surface area contributed by atoms with Crippen molar-refractivity contribution in [3.05, 3.63) is 23.8 Å². The minimum absolute atomic E-state index is 0.0523. The minimum atomic E-state index is -0.141. The summed E-state index contributed by atoms with van der Waals surface area (Å²) in [6.07, 6.45) is 7.46. The summed E-state index contributed by atoms with van der Waals surface area (Å²) in [7, 11) is 0. The summed E-state index contributed by atoms with van der Waals surface area (Å²) in [5.41, 5.74) is 0.827. The predicted molar refractivity (Wildman–Crippen MR) is 103 cm³/mol. The summed E-state index contributed by atoms with van der Waals surface area (Å²) >= 11 is 0. The van der Waals surface area contributed by atoms with Crippen LogP contribution in [0.15, 0.2) is 18.2 Å². The molecule has 2 N–H and O–H groups in total. The maximum atomic E-state index is 12.9. The number of ether oxygens (including phenoxy) is 2. The van der Waals surface area contributed by atoms with Crippen molar-refractivity contribution in [1.29, 1.82) is 0 Å². The third-order valence-electron chi connectivity index (χ3n) is 7.08. The molecule has 1 aliphatic heterocycles. The molecule has 2 amide bonds. The number of fused-ring (bicyclic) bond motifs is 1. The van der Waals surface area contributed by atoms with Crippen LogP contribution in [0.2, 0.25) is 0 Å². The van der Waals surface area contributed by atoms with Gasteiger partial charge >= 0.3 is 0 Å². The molecule has 1 heterocycles. The lowest BCUT2D eigenvalue weighted by Gasteiger charge is -2.55. The molecule has 0 unspecified atom stereocenters. The Bertz CT molecular complexity index is 755. The highest BCUT2D eigenvalue weighted by molar-refractivity contribution is 5.84. The van der Waals surface area contributed by atoms with Gasteiger partial charge in [0, 0.05) is 24.9 Å². The van der Waals surface area contributed by atoms with E-state index in [1.54, 1.807) is 0 Å². The number of hydrogen-bond donors (Lipinski definition) is 2. The van der Waals surface area contributed by atoms with E-state index in [-0.39, 0.29) is 24.0 Å². The van der Waals surface area contributed by atoms with Gasteiger partial charge in [0.2, 0.25) is 18.6 Å². The molecular weight excluding hydrogens is 356 g/mol. The first kappa shape index (κ1) is 17.8. The third-order valence-corrected chi connectivity index (χ3v) is 7.08. The van der Waals surface area contributed by atoms with Gasteiger partial charge in [-0.05, 0) is 74.0 Å². The topological polar surface area (TPSA) is 76.7 Å². The molecular formula is C22H28N2O4. The second-order valence-electron chi connectivity index (χ2n) is 9.17. The summed E-state index contributed by atoms with van der Waals surface area (Å²) in [6.45, 7) is 1.10. The Morgan fingerprint density at radius 2 is 1.64 bits per heavy atom. The molecule has 4 saturated carbocycles. The van der Waals surface area contributed by atoms with Gasteiger partial charge in [0.15, 0.2) is 11.5 Å². The van der Waals surface area contributed by atoms with Gasteiger partial charge in [-0.3, -0.25) is 9.59 Å². The van der Waals surface area contributed by atoms with Crippen molar-refractivity contribution in [3.8, 4) is 11.5 Å². The Kier molecular flexibility index (Phi) is 4.44. The van der Waals surface area contributed by atoms with Gasteiger partial charge in [-0.2, -0.15) is 0 Å². The van der Waals surface area contributed by atoms with Crippen molar-refractivity contribution >= 4 is 11.8 Å². The fourth-order valence-corrected chi connectivity index (χ4v) is 6.21. The molecule has 5 aliphatic rings. The van der Waals surface area contributed by atoms with Gasteiger partial charge in [0.25, 0.3) is 0 Å². The van der Waals surface area contributed by atoms with Gasteiger partial charge in [-0.25, -0.2) is 0 Å². The number of carbonyl (C=O) groups excluding carboxylic acids is 2. The molecule has 0 atom stereocenters. The summed E-state index contributed by atoms with van der Waals surface area (Å²) in [4.78, 5) is 25.1. The van der Waals surface area contributed by atoms with Crippen LogP contribution in [0.3, 0.4) is 0 Å². The van der Waals surface area contributed by atoms with E-state index in [0.29, 0.717) is 19.5 Å². The van der Waals surface area contributed by atoms with Crippen LogP contribution >= 0.6 is 0 Å². The van der Waals surface area contributed by atoms with E-state index in [1.807, 2.05) is 18.2 Å². The maximum Gasteiger partial charge on any atom is 0.231 e. The van der Waals surface area contributed by atoms with Crippen LogP contribution in [0.5, 0.6) is 11.5 Å². The van der Waals surface area contributed by atoms with Crippen LogP contribution in [0.1, 0.15) is 50.5 Å². The maximum absolute atomic E-state index is 12.9. The molecule has 6 rings (SSSR count). The lowest BCUT2D eigenvalue weighted by Crippen LogP contribution is -2.53. The highest BCUT2D eigenvalue weighted by Crippen LogP contribution is 2.60. The number of amides is 2. The largest absolute Gasteiger partial charge is 0.454 e. The fraction of sp³-hybridized carbons (Fsp3) is 0.636. The molecule has 0 spiro atoms. The Labute approximate surface area is 165 Å². The summed E-state index contributed by atoms with van der Waals surface area (Å²) in [6, 6.07) is 5.66. The van der Waals surface area contributed by atoms with Crippen LogP contribution < -0.4 is 20.1 Å². The fourth-order valence-electron chi connectivity index (χ4n) is 6.21. The van der Waals surface area contributed by atoms with E-state index in [2.05, 4.69) is 10.6 Å². The molecule has 150 valence electrons. The summed E-state index contributed by atoms with van der Waals surface area (Å²) < 4.78 is 10.6. The molecule has 4 fully saturated rings. The molecule has 0 saturated heterocycles. The first-order valence-corrected chi connectivity index (χ1v) is 10.5. The van der Waals surface area contributed by atoms with Crippen LogP contribution in [0, 0.1) is 23.2 Å². The molecule has 0 aromatic heterocycles. The van der Waals surface area contributed by atoms with Gasteiger partial charge in [-0.15, -0.1) is 0 Å². The lowest BCUT2D eigenvalue weighted by molar-refractivity contribution is -0.146. The molecule has 6 heteroatoms. The predicted octanol–water partition coefficient (Wildman–Crippen LogP) is 2.75. The highest BCUT2D eigenvalue weighted by Gasteiger charge is 2.54. The highest BCUT2D eigenvalue weighted by atomic mass is 16.7. The first-order valence-electron chi connectivity index (χ1n) is 10.5. The number of hydrogen-bond acceptors (Lipinski definition) is 4. The van der Waals surface area contributed by atoms with Gasteiger partial charge in [0.1, 0.15) is 0 Å². The molecule has 1 aromatic rings. The SMILES string of the molecule is O=C(CCNC(=O)C12CC3CC(CC(C3)C1)C2)NCc1ccc2c(c1)OCO2. The van der Waals surface area contributed by atoms with E-state index in [1.165, 1.54) is 19.3 Å². The average molecular weight is 384 g/mol. The average Bonchev–Trinajstić information content (AvgIpc) is 3.13. The van der Waals surface area contributed by atoms with Crippen molar-refractivity contribution in [1.82, 2.24) is 10.6 Å². The van der Waals surface area contributed by atoms with E-state index >= 15 is 0 Å². The summed E-state index contributed by atoms with van der Waals surface area (Å²) in [5.74, 6) is 3.85. The van der Waals surface area contributed by atoms with Crippen LogP contribution in [-0.4, -0.2) is 25.2 Å². The van der Waals surface area contributed by atoms with Crippen molar-refractivity contribution in [3.63, 3.8) is 0 Å². The standard InChI is InChI=1S/C22H28N2O4/c25-20(24-12-14-1-2-18-19(8-14)28-13-27-18)3-4-23-21(26)22-9-15-5-16(10-22)7-17(6-15)11-22/h1-2,8,15-17H,3-7,9-13H2,(H,23,26)(H,24,25). The van der Waals surface area contributed by atoms with Gasteiger partial charge < -0.3 is 20.1 Å². The molecule has 4 bridgehead atoms. The molecule has 0 radical (unpaired) electrons. The molecule has 28 heavy (non-hydrogen) atoms. The number of benzene rings is 1. The number of nitrogens with one attached hydrogen (secondary N) is 2. The molecule has 1 aromatic carbocycles. The van der Waals surface area contributed by atoms with E-state index < -0.39 is 0 Å². The van der Waals surface area contributed by atoms with Gasteiger partial charge in [0.05, 0.1) is 0 Å². The quantitative estimate of drug-likeness (QED) is 0.791. The molecule has 4 aliphatic carbocycles. The summed E-state index contributed by atoms with van der Waals surface area (Å²) in [5, 5.41) is 5.98. The Balaban J connectivity index is 1.07. The van der Waals surface area contributed by atoms with Crippen LogP contribution in [0.4, 0.5) is 0 Å². The zero-order chi connectivity index (χ0) is 19.1.